The van der Waals surface area contributed by atoms with Gasteiger partial charge in [0.05, 0.1) is 0 Å². The van der Waals surface area contributed by atoms with Gasteiger partial charge < -0.3 is 10.6 Å². The van der Waals surface area contributed by atoms with Crippen LogP contribution < -0.4 is 5.73 Å². The Bertz CT molecular complexity index is 263. The van der Waals surface area contributed by atoms with Crippen LogP contribution in [-0.4, -0.2) is 31.6 Å². The SMILES string of the molecule is CCCCCCCCC=CCCCCCCCCCN(C)CCCN. The molecule has 0 unspecified atom stereocenters. The maximum atomic E-state index is 5.54. The third-order valence-corrected chi connectivity index (χ3v) is 5.05. The molecule has 0 heterocycles. The van der Waals surface area contributed by atoms with E-state index in [1.165, 1.54) is 103 Å². The van der Waals surface area contributed by atoms with Gasteiger partial charge in [-0.1, -0.05) is 83.3 Å². The molecule has 0 radical (unpaired) electrons. The molecular weight excluding hydrogens is 304 g/mol. The largest absolute Gasteiger partial charge is 0.330 e. The Morgan fingerprint density at radius 1 is 0.600 bits per heavy atom. The monoisotopic (exact) mass is 352 g/mol. The Balaban J connectivity index is 3.12. The van der Waals surface area contributed by atoms with Crippen molar-refractivity contribution in [2.75, 3.05) is 26.7 Å². The van der Waals surface area contributed by atoms with Gasteiger partial charge in [-0.15, -0.1) is 0 Å². The summed E-state index contributed by atoms with van der Waals surface area (Å²) in [5.74, 6) is 0. The number of hydrogen-bond acceptors (Lipinski definition) is 2. The normalized spacial score (nSPS) is 11.8. The van der Waals surface area contributed by atoms with Crippen molar-refractivity contribution >= 4 is 0 Å². The summed E-state index contributed by atoms with van der Waals surface area (Å²) in [5, 5.41) is 0. The Kier molecular flexibility index (Phi) is 21.4. The standard InChI is InChI=1S/C23H48N2/c1-3-4-5-6-7-8-9-10-11-12-13-14-15-16-17-18-19-22-25(2)23-20-21-24/h10-11H,3-9,12-24H2,1-2H3. The van der Waals surface area contributed by atoms with Crippen LogP contribution in [0.2, 0.25) is 0 Å². The first-order chi connectivity index (χ1) is 12.3. The topological polar surface area (TPSA) is 29.3 Å². The quantitative estimate of drug-likeness (QED) is 0.195. The highest BCUT2D eigenvalue weighted by molar-refractivity contribution is 4.81. The van der Waals surface area contributed by atoms with Crippen LogP contribution in [0.3, 0.4) is 0 Å². The van der Waals surface area contributed by atoms with Crippen molar-refractivity contribution in [3.63, 3.8) is 0 Å². The summed E-state index contributed by atoms with van der Waals surface area (Å²) in [6, 6.07) is 0. The third-order valence-electron chi connectivity index (χ3n) is 5.05. The molecule has 0 aromatic heterocycles. The summed E-state index contributed by atoms with van der Waals surface area (Å²) in [5.41, 5.74) is 5.54. The van der Waals surface area contributed by atoms with Gasteiger partial charge in [0.2, 0.25) is 0 Å². The van der Waals surface area contributed by atoms with E-state index in [0.717, 1.165) is 19.5 Å². The first-order valence-electron chi connectivity index (χ1n) is 11.3. The van der Waals surface area contributed by atoms with E-state index in [2.05, 4.69) is 31.0 Å². The minimum Gasteiger partial charge on any atom is -0.330 e. The molecule has 0 aromatic rings. The minimum atomic E-state index is 0.818. The molecule has 0 bridgehead atoms. The van der Waals surface area contributed by atoms with E-state index in [0.29, 0.717) is 0 Å². The van der Waals surface area contributed by atoms with Gasteiger partial charge in [-0.05, 0) is 65.2 Å². The zero-order chi connectivity index (χ0) is 18.4. The van der Waals surface area contributed by atoms with E-state index in [4.69, 9.17) is 5.73 Å². The van der Waals surface area contributed by atoms with E-state index >= 15 is 0 Å². The second-order valence-electron chi connectivity index (χ2n) is 7.74. The number of allylic oxidation sites excluding steroid dienone is 2. The molecule has 0 rings (SSSR count). The van der Waals surface area contributed by atoms with Crippen molar-refractivity contribution in [1.82, 2.24) is 4.90 Å². The van der Waals surface area contributed by atoms with Gasteiger partial charge >= 0.3 is 0 Å². The third kappa shape index (κ3) is 21.6. The average molecular weight is 353 g/mol. The van der Waals surface area contributed by atoms with Crippen LogP contribution in [0.15, 0.2) is 12.2 Å². The van der Waals surface area contributed by atoms with Gasteiger partial charge in [0.1, 0.15) is 0 Å². The predicted octanol–water partition coefficient (Wildman–Crippen LogP) is 6.69. The van der Waals surface area contributed by atoms with Crippen LogP contribution in [0.4, 0.5) is 0 Å². The van der Waals surface area contributed by atoms with Crippen molar-refractivity contribution in [3.8, 4) is 0 Å². The number of hydrogen-bond donors (Lipinski definition) is 1. The highest BCUT2D eigenvalue weighted by Crippen LogP contribution is 2.10. The smallest absolute Gasteiger partial charge is 0.000977 e. The lowest BCUT2D eigenvalue weighted by atomic mass is 10.1. The molecule has 0 aliphatic rings. The molecule has 0 amide bonds. The summed E-state index contributed by atoms with van der Waals surface area (Å²) < 4.78 is 0. The number of unbranched alkanes of at least 4 members (excludes halogenated alkanes) is 13. The summed E-state index contributed by atoms with van der Waals surface area (Å²) >= 11 is 0. The second-order valence-corrected chi connectivity index (χ2v) is 7.74. The van der Waals surface area contributed by atoms with Gasteiger partial charge in [-0.25, -0.2) is 0 Å². The van der Waals surface area contributed by atoms with Crippen molar-refractivity contribution in [3.05, 3.63) is 12.2 Å². The average Bonchev–Trinajstić information content (AvgIpc) is 2.62. The molecule has 0 fully saturated rings. The van der Waals surface area contributed by atoms with Crippen LogP contribution >= 0.6 is 0 Å². The van der Waals surface area contributed by atoms with Crippen LogP contribution in [0.5, 0.6) is 0 Å². The molecule has 0 saturated heterocycles. The molecule has 0 aromatic carbocycles. The molecular formula is C23H48N2. The lowest BCUT2D eigenvalue weighted by Crippen LogP contribution is -2.22. The molecule has 2 heteroatoms. The van der Waals surface area contributed by atoms with Gasteiger partial charge in [0, 0.05) is 0 Å². The predicted molar refractivity (Wildman–Crippen MR) is 115 cm³/mol. The Morgan fingerprint density at radius 2 is 1.04 bits per heavy atom. The molecule has 25 heavy (non-hydrogen) atoms. The highest BCUT2D eigenvalue weighted by atomic mass is 15.1. The first kappa shape index (κ1) is 24.7. The van der Waals surface area contributed by atoms with Crippen LogP contribution in [0.1, 0.15) is 110 Å². The van der Waals surface area contributed by atoms with Crippen LogP contribution in [0, 0.1) is 0 Å². The first-order valence-corrected chi connectivity index (χ1v) is 11.3. The van der Waals surface area contributed by atoms with E-state index in [1.807, 2.05) is 0 Å². The molecule has 2 N–H and O–H groups in total. The van der Waals surface area contributed by atoms with Gasteiger partial charge in [0.25, 0.3) is 0 Å². The number of rotatable bonds is 20. The maximum absolute atomic E-state index is 5.54. The summed E-state index contributed by atoms with van der Waals surface area (Å²) in [4.78, 5) is 2.42. The Morgan fingerprint density at radius 3 is 1.56 bits per heavy atom. The molecule has 150 valence electrons. The van der Waals surface area contributed by atoms with E-state index < -0.39 is 0 Å². The lowest BCUT2D eigenvalue weighted by molar-refractivity contribution is 0.321. The van der Waals surface area contributed by atoms with Crippen molar-refractivity contribution < 1.29 is 0 Å². The maximum Gasteiger partial charge on any atom is -0.000977 e. The van der Waals surface area contributed by atoms with E-state index in [-0.39, 0.29) is 0 Å². The van der Waals surface area contributed by atoms with Gasteiger partial charge in [-0.3, -0.25) is 0 Å². The molecule has 0 spiro atoms. The number of nitrogens with zero attached hydrogens (tertiary/aromatic N) is 1. The molecule has 2 nitrogen and oxygen atoms in total. The highest BCUT2D eigenvalue weighted by Gasteiger charge is 1.97. The summed E-state index contributed by atoms with van der Waals surface area (Å²) in [6.07, 6.45) is 26.8. The minimum absolute atomic E-state index is 0.818. The zero-order valence-electron chi connectivity index (χ0n) is 17.6. The van der Waals surface area contributed by atoms with E-state index in [9.17, 15) is 0 Å². The van der Waals surface area contributed by atoms with Crippen molar-refractivity contribution in [2.24, 2.45) is 5.73 Å². The molecule has 0 aliphatic carbocycles. The fraction of sp³-hybridized carbons (Fsp3) is 0.913. The second kappa shape index (κ2) is 21.7. The van der Waals surface area contributed by atoms with Crippen molar-refractivity contribution in [2.45, 2.75) is 110 Å². The molecule has 0 atom stereocenters. The Hall–Kier alpha value is -0.340. The molecule has 0 saturated carbocycles. The summed E-state index contributed by atoms with van der Waals surface area (Å²) in [7, 11) is 2.22. The molecule has 0 aliphatic heterocycles. The van der Waals surface area contributed by atoms with Crippen LogP contribution in [0.25, 0.3) is 0 Å². The lowest BCUT2D eigenvalue weighted by Gasteiger charge is -2.15. The fourth-order valence-corrected chi connectivity index (χ4v) is 3.28. The summed E-state index contributed by atoms with van der Waals surface area (Å²) in [6.45, 7) is 5.50. The van der Waals surface area contributed by atoms with Crippen molar-refractivity contribution in [1.29, 1.82) is 0 Å². The fourth-order valence-electron chi connectivity index (χ4n) is 3.28. The van der Waals surface area contributed by atoms with Crippen LogP contribution in [-0.2, 0) is 0 Å². The van der Waals surface area contributed by atoms with Gasteiger partial charge in [-0.2, -0.15) is 0 Å². The van der Waals surface area contributed by atoms with Gasteiger partial charge in [0.15, 0.2) is 0 Å². The Labute approximate surface area is 159 Å². The number of nitrogens with two attached hydrogens (primary N) is 1. The zero-order valence-corrected chi connectivity index (χ0v) is 17.6. The van der Waals surface area contributed by atoms with E-state index in [1.54, 1.807) is 0 Å².